The van der Waals surface area contributed by atoms with Crippen LogP contribution in [-0.2, 0) is 4.79 Å². The van der Waals surface area contributed by atoms with Gasteiger partial charge in [-0.3, -0.25) is 9.59 Å². The number of benzene rings is 1. The molecule has 102 valence electrons. The summed E-state index contributed by atoms with van der Waals surface area (Å²) in [4.78, 5) is 21.0. The molecule has 0 aliphatic carbocycles. The topological polar surface area (TPSA) is 43.4 Å². The second kappa shape index (κ2) is 10.2. The lowest BCUT2D eigenvalue weighted by Gasteiger charge is -2.04. The summed E-state index contributed by atoms with van der Waals surface area (Å²) in [5.41, 5.74) is 1.35. The molecule has 0 unspecified atom stereocenters. The lowest BCUT2D eigenvalue weighted by molar-refractivity contribution is -0.131. The summed E-state index contributed by atoms with van der Waals surface area (Å²) < 4.78 is 4.89. The highest BCUT2D eigenvalue weighted by molar-refractivity contribution is 7.80. The molecular formula is C15H18O3S. The van der Waals surface area contributed by atoms with E-state index in [9.17, 15) is 9.59 Å². The maximum Gasteiger partial charge on any atom is 0.308 e. The lowest BCUT2D eigenvalue weighted by Crippen LogP contribution is -2.02. The van der Waals surface area contributed by atoms with Crippen molar-refractivity contribution in [2.24, 2.45) is 0 Å². The van der Waals surface area contributed by atoms with Crippen molar-refractivity contribution in [3.05, 3.63) is 29.3 Å². The molecule has 0 atom stereocenters. The van der Waals surface area contributed by atoms with E-state index in [1.54, 1.807) is 25.1 Å². The number of aldehydes is 1. The van der Waals surface area contributed by atoms with Crippen LogP contribution in [-0.4, -0.2) is 18.0 Å². The number of esters is 1. The Kier molecular flexibility index (Phi) is 9.29. The molecule has 1 aromatic carbocycles. The molecule has 0 aliphatic rings. The SMILES string of the molecule is C#CCCCS.CC(=O)Oc1ccc(C=O)cc1C. The number of carbonyl (C=O) groups excluding carboxylic acids is 2. The Labute approximate surface area is 119 Å². The summed E-state index contributed by atoms with van der Waals surface area (Å²) in [6.07, 6.45) is 7.59. The Morgan fingerprint density at radius 1 is 1.53 bits per heavy atom. The summed E-state index contributed by atoms with van der Waals surface area (Å²) in [5.74, 6) is 3.57. The van der Waals surface area contributed by atoms with Gasteiger partial charge >= 0.3 is 5.97 Å². The number of aryl methyl sites for hydroxylation is 1. The van der Waals surface area contributed by atoms with Gasteiger partial charge in [-0.15, -0.1) is 12.3 Å². The standard InChI is InChI=1S/C10H10O3.C5H8S/c1-7-5-9(6-11)3-4-10(7)13-8(2)12;1-2-3-4-5-6/h3-6H,1-2H3;1,6H,3-5H2. The van der Waals surface area contributed by atoms with Crippen LogP contribution in [0.25, 0.3) is 0 Å². The van der Waals surface area contributed by atoms with Crippen LogP contribution in [0, 0.1) is 19.3 Å². The van der Waals surface area contributed by atoms with Gasteiger partial charge in [-0.2, -0.15) is 12.6 Å². The number of hydrogen-bond acceptors (Lipinski definition) is 4. The molecule has 0 spiro atoms. The number of hydrogen-bond donors (Lipinski definition) is 1. The summed E-state index contributed by atoms with van der Waals surface area (Å²) in [5, 5.41) is 0. The van der Waals surface area contributed by atoms with Crippen molar-refractivity contribution in [1.82, 2.24) is 0 Å². The minimum Gasteiger partial charge on any atom is -0.426 e. The first-order valence-corrected chi connectivity index (χ1v) is 6.47. The summed E-state index contributed by atoms with van der Waals surface area (Å²) >= 11 is 3.96. The van der Waals surface area contributed by atoms with Gasteiger partial charge in [-0.25, -0.2) is 0 Å². The zero-order valence-electron chi connectivity index (χ0n) is 11.2. The molecule has 0 heterocycles. The van der Waals surface area contributed by atoms with Crippen molar-refractivity contribution in [3.8, 4) is 18.1 Å². The minimum absolute atomic E-state index is 0.359. The normalized spacial score (nSPS) is 8.74. The van der Waals surface area contributed by atoms with E-state index in [0.717, 1.165) is 30.4 Å². The third-order valence-corrected chi connectivity index (χ3v) is 2.38. The average molecular weight is 278 g/mol. The van der Waals surface area contributed by atoms with Gasteiger partial charge < -0.3 is 4.74 Å². The average Bonchev–Trinajstić information content (AvgIpc) is 2.39. The van der Waals surface area contributed by atoms with Crippen molar-refractivity contribution >= 4 is 24.9 Å². The van der Waals surface area contributed by atoms with E-state index >= 15 is 0 Å². The number of thiol groups is 1. The van der Waals surface area contributed by atoms with E-state index < -0.39 is 0 Å². The van der Waals surface area contributed by atoms with E-state index in [2.05, 4.69) is 18.5 Å². The molecule has 0 saturated carbocycles. The Morgan fingerprint density at radius 2 is 2.21 bits per heavy atom. The first kappa shape index (κ1) is 17.3. The van der Waals surface area contributed by atoms with Crippen LogP contribution in [0.3, 0.4) is 0 Å². The molecule has 19 heavy (non-hydrogen) atoms. The molecule has 0 amide bonds. The highest BCUT2D eigenvalue weighted by Crippen LogP contribution is 2.18. The van der Waals surface area contributed by atoms with Crippen LogP contribution in [0.1, 0.15) is 35.7 Å². The maximum absolute atomic E-state index is 10.6. The summed E-state index contributed by atoms with van der Waals surface area (Å²) in [6.45, 7) is 3.12. The van der Waals surface area contributed by atoms with E-state index in [-0.39, 0.29) is 5.97 Å². The van der Waals surface area contributed by atoms with Gasteiger partial charge in [0.2, 0.25) is 0 Å². The second-order valence-electron chi connectivity index (χ2n) is 3.77. The quantitative estimate of drug-likeness (QED) is 0.230. The highest BCUT2D eigenvalue weighted by atomic mass is 32.1. The van der Waals surface area contributed by atoms with Crippen molar-refractivity contribution in [1.29, 1.82) is 0 Å². The largest absolute Gasteiger partial charge is 0.426 e. The van der Waals surface area contributed by atoms with Crippen molar-refractivity contribution < 1.29 is 14.3 Å². The molecular weight excluding hydrogens is 260 g/mol. The van der Waals surface area contributed by atoms with Gasteiger partial charge in [-0.05, 0) is 42.9 Å². The monoisotopic (exact) mass is 278 g/mol. The van der Waals surface area contributed by atoms with Gasteiger partial charge in [0.25, 0.3) is 0 Å². The molecule has 1 rings (SSSR count). The van der Waals surface area contributed by atoms with Crippen LogP contribution in [0.4, 0.5) is 0 Å². The smallest absolute Gasteiger partial charge is 0.308 e. The Hall–Kier alpha value is -1.73. The number of rotatable bonds is 4. The predicted octanol–water partition coefficient (Wildman–Crippen LogP) is 3.06. The van der Waals surface area contributed by atoms with Crippen LogP contribution in [0.2, 0.25) is 0 Å². The number of unbranched alkanes of at least 4 members (excludes halogenated alkanes) is 1. The zero-order chi connectivity index (χ0) is 14.7. The van der Waals surface area contributed by atoms with E-state index in [4.69, 9.17) is 11.2 Å². The molecule has 0 radical (unpaired) electrons. The maximum atomic E-state index is 10.6. The number of ether oxygens (including phenoxy) is 1. The van der Waals surface area contributed by atoms with Crippen LogP contribution < -0.4 is 4.74 Å². The fourth-order valence-corrected chi connectivity index (χ4v) is 1.35. The third kappa shape index (κ3) is 8.06. The zero-order valence-corrected chi connectivity index (χ0v) is 12.1. The fraction of sp³-hybridized carbons (Fsp3) is 0.333. The van der Waals surface area contributed by atoms with Gasteiger partial charge in [0.05, 0.1) is 0 Å². The van der Waals surface area contributed by atoms with E-state index in [1.807, 2.05) is 0 Å². The molecule has 0 saturated heterocycles. The molecule has 0 aliphatic heterocycles. The first-order chi connectivity index (χ1) is 9.04. The highest BCUT2D eigenvalue weighted by Gasteiger charge is 2.02. The van der Waals surface area contributed by atoms with Gasteiger partial charge in [0, 0.05) is 18.9 Å². The fourth-order valence-electron chi connectivity index (χ4n) is 1.20. The Balaban J connectivity index is 0.000000459. The lowest BCUT2D eigenvalue weighted by atomic mass is 10.1. The van der Waals surface area contributed by atoms with Crippen molar-refractivity contribution in [2.75, 3.05) is 5.75 Å². The Bertz CT molecular complexity index is 461. The minimum atomic E-state index is -0.359. The van der Waals surface area contributed by atoms with Crippen molar-refractivity contribution in [2.45, 2.75) is 26.7 Å². The second-order valence-corrected chi connectivity index (χ2v) is 4.21. The molecule has 3 nitrogen and oxygen atoms in total. The molecule has 4 heteroatoms. The third-order valence-electron chi connectivity index (χ3n) is 2.07. The van der Waals surface area contributed by atoms with Crippen LogP contribution >= 0.6 is 12.6 Å². The molecule has 1 aromatic rings. The van der Waals surface area contributed by atoms with Crippen molar-refractivity contribution in [3.63, 3.8) is 0 Å². The van der Waals surface area contributed by atoms with Gasteiger partial charge in [0.15, 0.2) is 0 Å². The summed E-state index contributed by atoms with van der Waals surface area (Å²) in [6, 6.07) is 4.89. The molecule has 0 N–H and O–H groups in total. The predicted molar refractivity (Wildman–Crippen MR) is 79.8 cm³/mol. The number of terminal acetylenes is 1. The molecule has 0 fully saturated rings. The van der Waals surface area contributed by atoms with Crippen LogP contribution in [0.5, 0.6) is 5.75 Å². The van der Waals surface area contributed by atoms with E-state index in [1.165, 1.54) is 6.92 Å². The van der Waals surface area contributed by atoms with Crippen LogP contribution in [0.15, 0.2) is 18.2 Å². The van der Waals surface area contributed by atoms with Gasteiger partial charge in [-0.1, -0.05) is 0 Å². The first-order valence-electron chi connectivity index (χ1n) is 5.83. The Morgan fingerprint density at radius 3 is 2.58 bits per heavy atom. The molecule has 0 aromatic heterocycles. The van der Waals surface area contributed by atoms with Gasteiger partial charge in [0.1, 0.15) is 12.0 Å². The molecule has 0 bridgehead atoms. The summed E-state index contributed by atoms with van der Waals surface area (Å²) in [7, 11) is 0. The number of carbonyl (C=O) groups is 2. The van der Waals surface area contributed by atoms with E-state index in [0.29, 0.717) is 11.3 Å².